The maximum atomic E-state index is 6.32. The van der Waals surface area contributed by atoms with E-state index in [4.69, 9.17) is 33.2 Å². The molecule has 5 nitrogen and oxygen atoms in total. The number of aromatic nitrogens is 2. The molecule has 0 spiro atoms. The summed E-state index contributed by atoms with van der Waals surface area (Å²) in [5.41, 5.74) is 1.98. The molecule has 0 bridgehead atoms. The molecular weight excluding hydrogens is 405 g/mol. The van der Waals surface area contributed by atoms with E-state index in [2.05, 4.69) is 35.3 Å². The van der Waals surface area contributed by atoms with Crippen molar-refractivity contribution in [1.82, 2.24) is 19.8 Å². The number of para-hydroxylation sites is 1. The molecule has 0 aliphatic heterocycles. The highest BCUT2D eigenvalue weighted by Gasteiger charge is 2.11. The largest absolute Gasteiger partial charge is 0.369 e. The van der Waals surface area contributed by atoms with Crippen molar-refractivity contribution in [2.24, 2.45) is 0 Å². The van der Waals surface area contributed by atoms with Crippen LogP contribution in [0.25, 0.3) is 10.9 Å². The van der Waals surface area contributed by atoms with Gasteiger partial charge in [-0.05, 0) is 63.9 Å². The fourth-order valence-electron chi connectivity index (χ4n) is 3.17. The Hall–Kier alpha value is -1.92. The molecule has 0 saturated heterocycles. The van der Waals surface area contributed by atoms with E-state index in [1.165, 1.54) is 0 Å². The molecule has 3 rings (SSSR count). The monoisotopic (exact) mass is 431 g/mol. The Balaban J connectivity index is 1.74. The maximum Gasteiger partial charge on any atom is 0.145 e. The molecule has 0 atom stereocenters. The first-order chi connectivity index (χ1) is 13.9. The molecule has 1 N–H and O–H groups in total. The highest BCUT2D eigenvalue weighted by molar-refractivity contribution is 6.35. The van der Waals surface area contributed by atoms with Crippen LogP contribution in [0.1, 0.15) is 17.8 Å². The first-order valence-electron chi connectivity index (χ1n) is 9.69. The quantitative estimate of drug-likeness (QED) is 0.486. The Morgan fingerprint density at radius 3 is 2.52 bits per heavy atom. The lowest BCUT2D eigenvalue weighted by Gasteiger charge is -2.18. The average molecular weight is 432 g/mol. The Kier molecular flexibility index (Phi) is 7.67. The Bertz CT molecular complexity index is 961. The lowest BCUT2D eigenvalue weighted by Crippen LogP contribution is -2.20. The van der Waals surface area contributed by atoms with Crippen LogP contribution in [0.4, 0.5) is 5.82 Å². The van der Waals surface area contributed by atoms with E-state index in [0.717, 1.165) is 47.6 Å². The smallest absolute Gasteiger partial charge is 0.145 e. The van der Waals surface area contributed by atoms with Crippen molar-refractivity contribution >= 4 is 39.9 Å². The van der Waals surface area contributed by atoms with Gasteiger partial charge in [-0.1, -0.05) is 41.4 Å². The number of anilines is 1. The predicted molar refractivity (Wildman–Crippen MR) is 123 cm³/mol. The number of nitrogens with zero attached hydrogens (tertiary/aromatic N) is 4. The number of fused-ring (bicyclic) bond motifs is 1. The van der Waals surface area contributed by atoms with Crippen LogP contribution in [0, 0.1) is 0 Å². The number of halogens is 2. The second-order valence-electron chi connectivity index (χ2n) is 7.50. The van der Waals surface area contributed by atoms with Gasteiger partial charge in [-0.25, -0.2) is 9.97 Å². The SMILES string of the molecule is CN(C)CCCNc1nc(CN(C)Cc2ccc(Cl)cc2Cl)nc2ccccc12. The Morgan fingerprint density at radius 2 is 1.76 bits per heavy atom. The lowest BCUT2D eigenvalue weighted by molar-refractivity contribution is 0.311. The Morgan fingerprint density at radius 1 is 0.966 bits per heavy atom. The van der Waals surface area contributed by atoms with Crippen LogP contribution < -0.4 is 5.32 Å². The van der Waals surface area contributed by atoms with Crippen molar-refractivity contribution in [3.63, 3.8) is 0 Å². The van der Waals surface area contributed by atoms with Gasteiger partial charge in [0.1, 0.15) is 11.6 Å². The summed E-state index contributed by atoms with van der Waals surface area (Å²) >= 11 is 12.3. The normalized spacial score (nSPS) is 11.6. The van der Waals surface area contributed by atoms with Crippen molar-refractivity contribution in [3.05, 3.63) is 63.9 Å². The summed E-state index contributed by atoms with van der Waals surface area (Å²) < 4.78 is 0. The molecule has 2 aromatic carbocycles. The van der Waals surface area contributed by atoms with Crippen molar-refractivity contribution in [2.75, 3.05) is 39.5 Å². The minimum absolute atomic E-state index is 0.621. The van der Waals surface area contributed by atoms with Gasteiger partial charge in [0, 0.05) is 28.5 Å². The molecule has 0 fully saturated rings. The third-order valence-electron chi connectivity index (χ3n) is 4.59. The maximum absolute atomic E-state index is 6.32. The van der Waals surface area contributed by atoms with Gasteiger partial charge >= 0.3 is 0 Å². The van der Waals surface area contributed by atoms with E-state index in [0.29, 0.717) is 23.1 Å². The van der Waals surface area contributed by atoms with E-state index < -0.39 is 0 Å². The van der Waals surface area contributed by atoms with Gasteiger partial charge < -0.3 is 10.2 Å². The zero-order valence-electron chi connectivity index (χ0n) is 17.1. The number of hydrogen-bond donors (Lipinski definition) is 1. The summed E-state index contributed by atoms with van der Waals surface area (Å²) in [7, 11) is 6.20. The van der Waals surface area contributed by atoms with Crippen LogP contribution in [-0.2, 0) is 13.1 Å². The molecule has 29 heavy (non-hydrogen) atoms. The summed E-state index contributed by atoms with van der Waals surface area (Å²) in [5.74, 6) is 1.67. The molecule has 1 aromatic heterocycles. The van der Waals surface area contributed by atoms with Crippen LogP contribution in [0.3, 0.4) is 0 Å². The van der Waals surface area contributed by atoms with Crippen molar-refractivity contribution in [1.29, 1.82) is 0 Å². The van der Waals surface area contributed by atoms with Gasteiger partial charge in [0.15, 0.2) is 0 Å². The molecule has 0 amide bonds. The van der Waals surface area contributed by atoms with E-state index in [9.17, 15) is 0 Å². The molecule has 0 saturated carbocycles. The van der Waals surface area contributed by atoms with Crippen molar-refractivity contribution in [2.45, 2.75) is 19.5 Å². The molecule has 0 unspecified atom stereocenters. The molecule has 3 aromatic rings. The van der Waals surface area contributed by atoms with Crippen LogP contribution >= 0.6 is 23.2 Å². The molecule has 0 aliphatic carbocycles. The zero-order valence-corrected chi connectivity index (χ0v) is 18.6. The van der Waals surface area contributed by atoms with Gasteiger partial charge in [0.25, 0.3) is 0 Å². The first-order valence-corrected chi connectivity index (χ1v) is 10.4. The molecule has 0 aliphatic rings. The first kappa shape index (κ1) is 21.8. The van der Waals surface area contributed by atoms with Crippen LogP contribution in [0.5, 0.6) is 0 Å². The van der Waals surface area contributed by atoms with Gasteiger partial charge in [0.2, 0.25) is 0 Å². The molecular formula is C22H27Cl2N5. The second kappa shape index (κ2) is 10.2. The van der Waals surface area contributed by atoms with E-state index in [1.54, 1.807) is 6.07 Å². The third kappa shape index (κ3) is 6.28. The number of nitrogens with one attached hydrogen (secondary N) is 1. The third-order valence-corrected chi connectivity index (χ3v) is 5.18. The van der Waals surface area contributed by atoms with Crippen LogP contribution in [0.2, 0.25) is 10.0 Å². The average Bonchev–Trinajstić information content (AvgIpc) is 2.67. The highest BCUT2D eigenvalue weighted by Crippen LogP contribution is 2.23. The zero-order chi connectivity index (χ0) is 20.8. The topological polar surface area (TPSA) is 44.3 Å². The second-order valence-corrected chi connectivity index (χ2v) is 8.34. The lowest BCUT2D eigenvalue weighted by atomic mass is 10.2. The van der Waals surface area contributed by atoms with E-state index in [-0.39, 0.29) is 0 Å². The fourth-order valence-corrected chi connectivity index (χ4v) is 3.64. The van der Waals surface area contributed by atoms with Crippen LogP contribution in [-0.4, -0.2) is 54.0 Å². The summed E-state index contributed by atoms with van der Waals surface area (Å²) in [6.45, 7) is 3.22. The standard InChI is InChI=1S/C22H27Cl2N5/c1-28(2)12-6-11-25-22-18-7-4-5-8-20(18)26-21(27-22)15-29(3)14-16-9-10-17(23)13-19(16)24/h4-5,7-10,13H,6,11-12,14-15H2,1-3H3,(H,25,26,27). The Labute approximate surface area is 182 Å². The number of rotatable bonds is 9. The number of hydrogen-bond acceptors (Lipinski definition) is 5. The van der Waals surface area contributed by atoms with Gasteiger partial charge in [0.05, 0.1) is 12.1 Å². The van der Waals surface area contributed by atoms with Gasteiger partial charge in [-0.3, -0.25) is 4.90 Å². The van der Waals surface area contributed by atoms with Crippen molar-refractivity contribution < 1.29 is 0 Å². The minimum Gasteiger partial charge on any atom is -0.369 e. The van der Waals surface area contributed by atoms with Crippen LogP contribution in [0.15, 0.2) is 42.5 Å². The highest BCUT2D eigenvalue weighted by atomic mass is 35.5. The molecule has 154 valence electrons. The van der Waals surface area contributed by atoms with Crippen molar-refractivity contribution in [3.8, 4) is 0 Å². The number of benzene rings is 2. The summed E-state index contributed by atoms with van der Waals surface area (Å²) in [4.78, 5) is 13.9. The summed E-state index contributed by atoms with van der Waals surface area (Å²) in [6.07, 6.45) is 1.05. The predicted octanol–water partition coefficient (Wildman–Crippen LogP) is 4.93. The minimum atomic E-state index is 0.621. The van der Waals surface area contributed by atoms with Gasteiger partial charge in [-0.15, -0.1) is 0 Å². The molecule has 1 heterocycles. The fraction of sp³-hybridized carbons (Fsp3) is 0.364. The summed E-state index contributed by atoms with van der Waals surface area (Å²) in [5, 5.41) is 5.85. The van der Waals surface area contributed by atoms with E-state index >= 15 is 0 Å². The summed E-state index contributed by atoms with van der Waals surface area (Å²) in [6, 6.07) is 13.7. The molecule has 0 radical (unpaired) electrons. The molecule has 7 heteroatoms. The van der Waals surface area contributed by atoms with E-state index in [1.807, 2.05) is 37.4 Å². The van der Waals surface area contributed by atoms with Gasteiger partial charge in [-0.2, -0.15) is 0 Å².